The summed E-state index contributed by atoms with van der Waals surface area (Å²) >= 11 is 3.25. The Bertz CT molecular complexity index is 1070. The van der Waals surface area contributed by atoms with E-state index in [0.717, 1.165) is 6.07 Å². The van der Waals surface area contributed by atoms with E-state index < -0.39 is 47.6 Å². The molecule has 0 saturated carbocycles. The van der Waals surface area contributed by atoms with Crippen LogP contribution in [0.2, 0.25) is 0 Å². The predicted molar refractivity (Wildman–Crippen MR) is 123 cm³/mol. The maximum Gasteiger partial charge on any atom is 0.408 e. The zero-order chi connectivity index (χ0) is 24.8. The molecule has 0 spiro atoms. The number of amides is 2. The molecule has 0 aromatic heterocycles. The molecule has 0 radical (unpaired) electrons. The SMILES string of the molecule is CC(C)(C)OC(=O)NC(CCC(=O)O)C(=O)Nc1ccc(Br)cc1C(=O)c1ccccc1F. The molecule has 2 aromatic rings. The second kappa shape index (κ2) is 11.0. The Morgan fingerprint density at radius 2 is 1.76 bits per heavy atom. The van der Waals surface area contributed by atoms with Gasteiger partial charge in [0.25, 0.3) is 0 Å². The van der Waals surface area contributed by atoms with Crippen LogP contribution in [-0.2, 0) is 14.3 Å². The van der Waals surface area contributed by atoms with Crippen LogP contribution < -0.4 is 10.6 Å². The fourth-order valence-electron chi connectivity index (χ4n) is 2.81. The largest absolute Gasteiger partial charge is 0.481 e. The third kappa shape index (κ3) is 7.98. The number of anilines is 1. The first kappa shape index (κ1) is 26.0. The molecule has 2 amide bonds. The molecule has 176 valence electrons. The van der Waals surface area contributed by atoms with Crippen LogP contribution in [0.25, 0.3) is 0 Å². The second-order valence-electron chi connectivity index (χ2n) is 8.12. The minimum atomic E-state index is -1.25. The van der Waals surface area contributed by atoms with Crippen molar-refractivity contribution in [1.82, 2.24) is 5.32 Å². The molecule has 2 aromatic carbocycles. The average Bonchev–Trinajstić information content (AvgIpc) is 2.70. The van der Waals surface area contributed by atoms with Gasteiger partial charge in [-0.2, -0.15) is 0 Å². The van der Waals surface area contributed by atoms with Gasteiger partial charge in [-0.3, -0.25) is 14.4 Å². The number of alkyl carbamates (subject to hydrolysis) is 1. The summed E-state index contributed by atoms with van der Waals surface area (Å²) in [6.45, 7) is 4.92. The van der Waals surface area contributed by atoms with Gasteiger partial charge in [0.1, 0.15) is 17.5 Å². The van der Waals surface area contributed by atoms with Crippen LogP contribution in [0.15, 0.2) is 46.9 Å². The summed E-state index contributed by atoms with van der Waals surface area (Å²) in [4.78, 5) is 49.0. The van der Waals surface area contributed by atoms with Crippen molar-refractivity contribution in [3.8, 4) is 0 Å². The molecule has 0 aliphatic rings. The van der Waals surface area contributed by atoms with E-state index >= 15 is 0 Å². The van der Waals surface area contributed by atoms with Gasteiger partial charge in [-0.25, -0.2) is 9.18 Å². The summed E-state index contributed by atoms with van der Waals surface area (Å²) in [7, 11) is 0. The number of carboxylic acids is 1. The van der Waals surface area contributed by atoms with Crippen LogP contribution in [0, 0.1) is 5.82 Å². The van der Waals surface area contributed by atoms with Crippen molar-refractivity contribution in [3.05, 3.63) is 63.9 Å². The standard InChI is InChI=1S/C23H24BrFN2O6/c1-23(2,3)33-22(32)27-18(10-11-19(28)29)21(31)26-17-9-8-13(24)12-15(17)20(30)14-6-4-5-7-16(14)25/h4-9,12,18H,10-11H2,1-3H3,(H,26,31)(H,27,32)(H,28,29). The molecule has 3 N–H and O–H groups in total. The monoisotopic (exact) mass is 522 g/mol. The number of ketones is 1. The first-order chi connectivity index (χ1) is 15.4. The molecule has 33 heavy (non-hydrogen) atoms. The molecule has 0 heterocycles. The number of hydrogen-bond donors (Lipinski definition) is 3. The van der Waals surface area contributed by atoms with Gasteiger partial charge in [0.2, 0.25) is 5.91 Å². The lowest BCUT2D eigenvalue weighted by atomic mass is 10.0. The van der Waals surface area contributed by atoms with E-state index in [1.807, 2.05) is 0 Å². The molecule has 1 unspecified atom stereocenters. The Morgan fingerprint density at radius 3 is 2.36 bits per heavy atom. The Morgan fingerprint density at radius 1 is 1.09 bits per heavy atom. The van der Waals surface area contributed by atoms with E-state index in [-0.39, 0.29) is 23.2 Å². The number of nitrogens with one attached hydrogen (secondary N) is 2. The van der Waals surface area contributed by atoms with E-state index in [0.29, 0.717) is 4.47 Å². The fraction of sp³-hybridized carbons (Fsp3) is 0.304. The van der Waals surface area contributed by atoms with E-state index in [1.54, 1.807) is 26.8 Å². The number of benzene rings is 2. The highest BCUT2D eigenvalue weighted by atomic mass is 79.9. The van der Waals surface area contributed by atoms with Crippen LogP contribution in [0.5, 0.6) is 0 Å². The zero-order valence-electron chi connectivity index (χ0n) is 18.3. The molecule has 0 saturated heterocycles. The molecule has 0 aliphatic heterocycles. The van der Waals surface area contributed by atoms with Crippen LogP contribution >= 0.6 is 15.9 Å². The van der Waals surface area contributed by atoms with Gasteiger partial charge in [0.05, 0.1) is 11.3 Å². The molecular weight excluding hydrogens is 499 g/mol. The number of aliphatic carboxylic acids is 1. The highest BCUT2D eigenvalue weighted by Gasteiger charge is 2.27. The van der Waals surface area contributed by atoms with Crippen LogP contribution in [0.3, 0.4) is 0 Å². The molecule has 10 heteroatoms. The van der Waals surface area contributed by atoms with E-state index in [2.05, 4.69) is 26.6 Å². The van der Waals surface area contributed by atoms with Gasteiger partial charge in [-0.1, -0.05) is 28.1 Å². The molecule has 0 bridgehead atoms. The van der Waals surface area contributed by atoms with Crippen molar-refractivity contribution in [3.63, 3.8) is 0 Å². The molecule has 2 rings (SSSR count). The third-order valence-electron chi connectivity index (χ3n) is 4.26. The van der Waals surface area contributed by atoms with Crippen LogP contribution in [0.1, 0.15) is 49.5 Å². The Hall–Kier alpha value is -3.27. The number of halogens is 2. The first-order valence-corrected chi connectivity index (χ1v) is 10.8. The highest BCUT2D eigenvalue weighted by Crippen LogP contribution is 2.25. The number of ether oxygens (including phenoxy) is 1. The fourth-order valence-corrected chi connectivity index (χ4v) is 3.17. The van der Waals surface area contributed by atoms with Crippen molar-refractivity contribution in [2.24, 2.45) is 0 Å². The lowest BCUT2D eigenvalue weighted by Crippen LogP contribution is -2.46. The Balaban J connectivity index is 2.31. The minimum absolute atomic E-state index is 0.0112. The molecule has 0 fully saturated rings. The zero-order valence-corrected chi connectivity index (χ0v) is 19.9. The van der Waals surface area contributed by atoms with Gasteiger partial charge in [-0.15, -0.1) is 0 Å². The van der Waals surface area contributed by atoms with Gasteiger partial charge in [-0.05, 0) is 57.5 Å². The van der Waals surface area contributed by atoms with Crippen molar-refractivity contribution < 1.29 is 33.4 Å². The smallest absolute Gasteiger partial charge is 0.408 e. The highest BCUT2D eigenvalue weighted by molar-refractivity contribution is 9.10. The van der Waals surface area contributed by atoms with Crippen molar-refractivity contribution >= 4 is 45.4 Å². The molecular formula is C23H24BrFN2O6. The first-order valence-electron chi connectivity index (χ1n) is 9.98. The minimum Gasteiger partial charge on any atom is -0.481 e. The lowest BCUT2D eigenvalue weighted by Gasteiger charge is -2.23. The summed E-state index contributed by atoms with van der Waals surface area (Å²) in [6, 6.07) is 8.62. The maximum atomic E-state index is 14.2. The average molecular weight is 523 g/mol. The Kier molecular flexibility index (Phi) is 8.69. The van der Waals surface area contributed by atoms with Gasteiger partial charge in [0, 0.05) is 16.5 Å². The van der Waals surface area contributed by atoms with E-state index in [4.69, 9.17) is 9.84 Å². The topological polar surface area (TPSA) is 122 Å². The van der Waals surface area contributed by atoms with Crippen molar-refractivity contribution in [2.45, 2.75) is 45.3 Å². The van der Waals surface area contributed by atoms with Gasteiger partial charge < -0.3 is 20.5 Å². The third-order valence-corrected chi connectivity index (χ3v) is 4.75. The summed E-state index contributed by atoms with van der Waals surface area (Å²) in [5.41, 5.74) is -0.927. The molecule has 0 aliphatic carbocycles. The van der Waals surface area contributed by atoms with Crippen LogP contribution in [-0.4, -0.2) is 40.5 Å². The quantitative estimate of drug-likeness (QED) is 0.438. The van der Waals surface area contributed by atoms with E-state index in [9.17, 15) is 23.6 Å². The number of rotatable bonds is 8. The van der Waals surface area contributed by atoms with Gasteiger partial charge >= 0.3 is 12.1 Å². The maximum absolute atomic E-state index is 14.2. The van der Waals surface area contributed by atoms with E-state index in [1.165, 1.54) is 30.3 Å². The summed E-state index contributed by atoms with van der Waals surface area (Å²) in [5, 5.41) is 13.9. The van der Waals surface area contributed by atoms with Crippen molar-refractivity contribution in [1.29, 1.82) is 0 Å². The lowest BCUT2D eigenvalue weighted by molar-refractivity contribution is -0.137. The van der Waals surface area contributed by atoms with Gasteiger partial charge in [0.15, 0.2) is 5.78 Å². The number of carbonyl (C=O) groups excluding carboxylic acids is 3. The number of carbonyl (C=O) groups is 4. The Labute approximate surface area is 198 Å². The van der Waals surface area contributed by atoms with Crippen molar-refractivity contribution in [2.75, 3.05) is 5.32 Å². The molecule has 1 atom stereocenters. The molecule has 8 nitrogen and oxygen atoms in total. The number of carboxylic acid groups (broad SMARTS) is 1. The number of hydrogen-bond acceptors (Lipinski definition) is 5. The summed E-state index contributed by atoms with van der Waals surface area (Å²) < 4.78 is 19.8. The predicted octanol–water partition coefficient (Wildman–Crippen LogP) is 4.52. The summed E-state index contributed by atoms with van der Waals surface area (Å²) in [6.07, 6.45) is -1.51. The van der Waals surface area contributed by atoms with Crippen LogP contribution in [0.4, 0.5) is 14.9 Å². The summed E-state index contributed by atoms with van der Waals surface area (Å²) in [5.74, 6) is -3.29. The normalized spacial score (nSPS) is 11.9. The second-order valence-corrected chi connectivity index (χ2v) is 9.04.